The molecule has 0 aromatic heterocycles. The monoisotopic (exact) mass is 301 g/mol. The second-order valence-electron chi connectivity index (χ2n) is 5.93. The van der Waals surface area contributed by atoms with Gasteiger partial charge in [0.05, 0.1) is 5.70 Å². The first-order valence-corrected chi connectivity index (χ1v) is 7.76. The molecule has 1 amide bonds. The van der Waals surface area contributed by atoms with Gasteiger partial charge in [-0.3, -0.25) is 14.4 Å². The molecule has 0 radical (unpaired) electrons. The van der Waals surface area contributed by atoms with Crippen molar-refractivity contribution in [1.29, 1.82) is 0 Å². The quantitative estimate of drug-likeness (QED) is 0.486. The molecule has 3 aliphatic rings. The molecule has 1 saturated heterocycles. The fourth-order valence-electron chi connectivity index (χ4n) is 2.94. The fourth-order valence-corrected chi connectivity index (χ4v) is 2.94. The Morgan fingerprint density at radius 2 is 1.91 bits per heavy atom. The molecule has 1 heterocycles. The summed E-state index contributed by atoms with van der Waals surface area (Å²) in [4.78, 5) is 35.0. The molecular weight excluding hydrogens is 282 g/mol. The summed E-state index contributed by atoms with van der Waals surface area (Å²) in [5.41, 5.74) is 0.0228. The molecule has 0 aromatic carbocycles. The predicted molar refractivity (Wildman–Crippen MR) is 79.8 cm³/mol. The summed E-state index contributed by atoms with van der Waals surface area (Å²) >= 11 is 0. The number of nitrogens with one attached hydrogen (secondary N) is 1. The Hall–Kier alpha value is -2.01. The highest BCUT2D eigenvalue weighted by Crippen LogP contribution is 2.30. The van der Waals surface area contributed by atoms with Gasteiger partial charge in [0.15, 0.2) is 18.0 Å². The lowest BCUT2D eigenvalue weighted by atomic mass is 9.89. The number of hydrogen-bond acceptors (Lipinski definition) is 4. The van der Waals surface area contributed by atoms with Gasteiger partial charge >= 0.3 is 0 Å². The number of allylic oxidation sites excluding steroid dienone is 3. The predicted octanol–water partition coefficient (Wildman–Crippen LogP) is 1.60. The van der Waals surface area contributed by atoms with E-state index in [0.717, 1.165) is 6.08 Å². The number of carbonyl (C=O) groups excluding carboxylic acids is 3. The molecule has 2 atom stereocenters. The number of fused-ring (bicyclic) bond motifs is 1. The molecule has 2 aliphatic carbocycles. The van der Waals surface area contributed by atoms with E-state index in [9.17, 15) is 14.4 Å². The third-order valence-corrected chi connectivity index (χ3v) is 4.23. The van der Waals surface area contributed by atoms with Gasteiger partial charge in [-0.15, -0.1) is 0 Å². The first-order chi connectivity index (χ1) is 10.6. The van der Waals surface area contributed by atoms with E-state index in [-0.39, 0.29) is 17.3 Å². The van der Waals surface area contributed by atoms with Gasteiger partial charge in [0.1, 0.15) is 0 Å². The van der Waals surface area contributed by atoms with E-state index < -0.39 is 18.1 Å². The topological polar surface area (TPSA) is 75.8 Å². The molecular formula is C17H19NO4. The fraction of sp³-hybridized carbons (Fsp3) is 0.471. The summed E-state index contributed by atoms with van der Waals surface area (Å²) < 4.78 is 4.95. The average Bonchev–Trinajstić information content (AvgIpc) is 3.31. The van der Waals surface area contributed by atoms with E-state index in [0.29, 0.717) is 5.92 Å². The van der Waals surface area contributed by atoms with E-state index in [1.807, 2.05) is 6.08 Å². The number of epoxide rings is 1. The third-order valence-electron chi connectivity index (χ3n) is 4.23. The van der Waals surface area contributed by atoms with Gasteiger partial charge in [-0.1, -0.05) is 37.5 Å². The van der Waals surface area contributed by atoms with Crippen molar-refractivity contribution in [2.24, 2.45) is 5.92 Å². The van der Waals surface area contributed by atoms with Gasteiger partial charge in [0.2, 0.25) is 11.7 Å². The van der Waals surface area contributed by atoms with Gasteiger partial charge in [0.25, 0.3) is 0 Å². The molecule has 2 fully saturated rings. The first-order valence-electron chi connectivity index (χ1n) is 7.76. The Balaban J connectivity index is 1.49. The van der Waals surface area contributed by atoms with Crippen LogP contribution < -0.4 is 5.32 Å². The second-order valence-corrected chi connectivity index (χ2v) is 5.93. The normalized spacial score (nSPS) is 28.8. The minimum absolute atomic E-state index is 0.0228. The van der Waals surface area contributed by atoms with Crippen LogP contribution in [-0.2, 0) is 19.1 Å². The molecule has 0 spiro atoms. The van der Waals surface area contributed by atoms with Crippen LogP contribution in [0.15, 0.2) is 36.1 Å². The van der Waals surface area contributed by atoms with Crippen LogP contribution in [0.1, 0.15) is 32.1 Å². The van der Waals surface area contributed by atoms with Crippen molar-refractivity contribution < 1.29 is 19.1 Å². The van der Waals surface area contributed by atoms with Crippen LogP contribution in [0.3, 0.4) is 0 Å². The largest absolute Gasteiger partial charge is 0.352 e. The van der Waals surface area contributed by atoms with E-state index >= 15 is 0 Å². The number of ether oxygens (including phenoxy) is 1. The van der Waals surface area contributed by atoms with E-state index in [4.69, 9.17) is 4.74 Å². The maximum absolute atomic E-state index is 11.8. The summed E-state index contributed by atoms with van der Waals surface area (Å²) in [5, 5.41) is 2.45. The number of carbonyl (C=O) groups is 3. The van der Waals surface area contributed by atoms with Crippen molar-refractivity contribution in [2.75, 3.05) is 0 Å². The number of Topliss-reactive ketones (excluding diaryl/α,β-unsaturated/α-hetero) is 1. The van der Waals surface area contributed by atoms with Crippen molar-refractivity contribution in [3.05, 3.63) is 36.1 Å². The molecule has 5 nitrogen and oxygen atoms in total. The summed E-state index contributed by atoms with van der Waals surface area (Å²) in [7, 11) is 0. The van der Waals surface area contributed by atoms with Crippen molar-refractivity contribution in [1.82, 2.24) is 5.32 Å². The summed E-state index contributed by atoms with van der Waals surface area (Å²) in [5.74, 6) is -0.407. The molecule has 5 heteroatoms. The number of rotatable bonds is 4. The van der Waals surface area contributed by atoms with E-state index in [1.54, 1.807) is 6.08 Å². The highest BCUT2D eigenvalue weighted by Gasteiger charge is 2.53. The molecule has 0 aromatic rings. The molecule has 2 unspecified atom stereocenters. The Morgan fingerprint density at radius 1 is 1.14 bits per heavy atom. The first kappa shape index (κ1) is 14.9. The molecule has 3 rings (SSSR count). The van der Waals surface area contributed by atoms with Gasteiger partial charge in [-0.25, -0.2) is 0 Å². The Bertz CT molecular complexity index is 581. The van der Waals surface area contributed by atoms with Gasteiger partial charge in [0, 0.05) is 12.2 Å². The smallest absolute Gasteiger partial charge is 0.248 e. The zero-order valence-electron chi connectivity index (χ0n) is 12.3. The van der Waals surface area contributed by atoms with Crippen molar-refractivity contribution in [2.45, 2.75) is 44.3 Å². The summed E-state index contributed by atoms with van der Waals surface area (Å²) in [6.45, 7) is 0. The second kappa shape index (κ2) is 6.40. The van der Waals surface area contributed by atoms with Crippen LogP contribution in [0.25, 0.3) is 0 Å². The lowest BCUT2D eigenvalue weighted by Gasteiger charge is -2.17. The highest BCUT2D eigenvalue weighted by molar-refractivity contribution is 6.17. The number of amides is 1. The molecule has 1 N–H and O–H groups in total. The third kappa shape index (κ3) is 3.42. The van der Waals surface area contributed by atoms with Crippen LogP contribution >= 0.6 is 0 Å². The number of hydrogen-bond donors (Lipinski definition) is 1. The van der Waals surface area contributed by atoms with Crippen LogP contribution in [0.4, 0.5) is 0 Å². The van der Waals surface area contributed by atoms with E-state index in [2.05, 4.69) is 11.4 Å². The van der Waals surface area contributed by atoms with Gasteiger partial charge < -0.3 is 10.1 Å². The van der Waals surface area contributed by atoms with Gasteiger partial charge in [-0.05, 0) is 18.8 Å². The van der Waals surface area contributed by atoms with Crippen LogP contribution in [-0.4, -0.2) is 29.7 Å². The maximum Gasteiger partial charge on any atom is 0.248 e. The minimum atomic E-state index is -0.692. The zero-order chi connectivity index (χ0) is 15.5. The SMILES string of the molecule is O=C(/C=C/C=C/C1CCCCC1)NC1=CC(=O)C2OC2C1=O. The maximum atomic E-state index is 11.8. The average molecular weight is 301 g/mol. The molecule has 22 heavy (non-hydrogen) atoms. The van der Waals surface area contributed by atoms with Gasteiger partial charge in [-0.2, -0.15) is 0 Å². The Morgan fingerprint density at radius 3 is 2.68 bits per heavy atom. The molecule has 116 valence electrons. The van der Waals surface area contributed by atoms with Crippen molar-refractivity contribution >= 4 is 17.5 Å². The minimum Gasteiger partial charge on any atom is -0.352 e. The molecule has 1 aliphatic heterocycles. The Kier molecular flexibility index (Phi) is 4.34. The highest BCUT2D eigenvalue weighted by atomic mass is 16.6. The van der Waals surface area contributed by atoms with Crippen LogP contribution in [0, 0.1) is 5.92 Å². The number of ketones is 2. The summed E-state index contributed by atoms with van der Waals surface area (Å²) in [6, 6.07) is 0. The molecule has 0 bridgehead atoms. The lowest BCUT2D eigenvalue weighted by molar-refractivity contribution is -0.122. The summed E-state index contributed by atoms with van der Waals surface area (Å²) in [6.07, 6.45) is 13.1. The standard InChI is InChI=1S/C17H19NO4/c19-13-10-12(15(21)17-16(13)22-17)18-14(20)9-5-4-8-11-6-2-1-3-7-11/h4-5,8-11,16-17H,1-3,6-7H2,(H,18,20)/b8-4+,9-5+. The zero-order valence-corrected chi connectivity index (χ0v) is 12.3. The lowest BCUT2D eigenvalue weighted by Crippen LogP contribution is -2.33. The van der Waals surface area contributed by atoms with Crippen LogP contribution in [0.2, 0.25) is 0 Å². The van der Waals surface area contributed by atoms with Crippen LogP contribution in [0.5, 0.6) is 0 Å². The van der Waals surface area contributed by atoms with E-state index in [1.165, 1.54) is 38.2 Å². The van der Waals surface area contributed by atoms with Crippen molar-refractivity contribution in [3.8, 4) is 0 Å². The molecule has 1 saturated carbocycles. The van der Waals surface area contributed by atoms with Crippen molar-refractivity contribution in [3.63, 3.8) is 0 Å². The Labute approximate surface area is 129 Å².